The van der Waals surface area contributed by atoms with Gasteiger partial charge >= 0.3 is 5.97 Å². The van der Waals surface area contributed by atoms with Crippen LogP contribution in [0.15, 0.2) is 18.2 Å². The standard InChI is InChI=1S/C15H21NO5/c1-4-6-16(7-5-14(17)18)15(19)11-8-12(20-2)10-13(9-11)21-3/h8-10H,4-7H2,1-3H3,(H,17,18). The van der Waals surface area contributed by atoms with E-state index in [4.69, 9.17) is 14.6 Å². The fourth-order valence-corrected chi connectivity index (χ4v) is 1.93. The number of amides is 1. The molecule has 6 heteroatoms. The molecule has 0 atom stereocenters. The van der Waals surface area contributed by atoms with Crippen molar-refractivity contribution in [1.82, 2.24) is 4.90 Å². The first-order valence-corrected chi connectivity index (χ1v) is 6.76. The first-order valence-electron chi connectivity index (χ1n) is 6.76. The number of nitrogens with zero attached hydrogens (tertiary/aromatic N) is 1. The zero-order valence-corrected chi connectivity index (χ0v) is 12.6. The van der Waals surface area contributed by atoms with Crippen molar-refractivity contribution in [1.29, 1.82) is 0 Å². The molecule has 0 radical (unpaired) electrons. The number of carbonyl (C=O) groups excluding carboxylic acids is 1. The Morgan fingerprint density at radius 2 is 1.67 bits per heavy atom. The SMILES string of the molecule is CCCN(CCC(=O)O)C(=O)c1cc(OC)cc(OC)c1. The quantitative estimate of drug-likeness (QED) is 0.794. The highest BCUT2D eigenvalue weighted by atomic mass is 16.5. The average molecular weight is 295 g/mol. The summed E-state index contributed by atoms with van der Waals surface area (Å²) in [6.07, 6.45) is 0.680. The number of hydrogen-bond acceptors (Lipinski definition) is 4. The first kappa shape index (κ1) is 16.8. The lowest BCUT2D eigenvalue weighted by atomic mass is 10.1. The van der Waals surface area contributed by atoms with E-state index in [1.165, 1.54) is 19.1 Å². The summed E-state index contributed by atoms with van der Waals surface area (Å²) in [6.45, 7) is 2.63. The number of hydrogen-bond donors (Lipinski definition) is 1. The number of carboxylic acid groups (broad SMARTS) is 1. The second-order valence-electron chi connectivity index (χ2n) is 4.54. The maximum Gasteiger partial charge on any atom is 0.305 e. The summed E-state index contributed by atoms with van der Waals surface area (Å²) in [5.41, 5.74) is 0.421. The molecule has 0 aromatic heterocycles. The summed E-state index contributed by atoms with van der Waals surface area (Å²) >= 11 is 0. The molecule has 0 saturated carbocycles. The molecule has 0 heterocycles. The summed E-state index contributed by atoms with van der Waals surface area (Å²) in [4.78, 5) is 24.7. The Morgan fingerprint density at radius 1 is 1.10 bits per heavy atom. The number of rotatable bonds is 8. The molecule has 0 fully saturated rings. The Hall–Kier alpha value is -2.24. The molecule has 0 unspecified atom stereocenters. The highest BCUT2D eigenvalue weighted by molar-refractivity contribution is 5.95. The molecular formula is C15H21NO5. The molecule has 1 rings (SSSR count). The van der Waals surface area contributed by atoms with E-state index < -0.39 is 5.97 Å². The fourth-order valence-electron chi connectivity index (χ4n) is 1.93. The van der Waals surface area contributed by atoms with Crippen molar-refractivity contribution in [2.75, 3.05) is 27.3 Å². The zero-order chi connectivity index (χ0) is 15.8. The minimum Gasteiger partial charge on any atom is -0.497 e. The van der Waals surface area contributed by atoms with E-state index in [1.54, 1.807) is 18.2 Å². The van der Waals surface area contributed by atoms with Crippen LogP contribution in [-0.4, -0.2) is 49.2 Å². The third-order valence-electron chi connectivity index (χ3n) is 2.97. The number of ether oxygens (including phenoxy) is 2. The van der Waals surface area contributed by atoms with Crippen LogP contribution in [0.5, 0.6) is 11.5 Å². The fraction of sp³-hybridized carbons (Fsp3) is 0.467. The van der Waals surface area contributed by atoms with Gasteiger partial charge in [-0.1, -0.05) is 6.92 Å². The summed E-state index contributed by atoms with van der Waals surface area (Å²) in [5.74, 6) is -0.109. The van der Waals surface area contributed by atoms with Crippen molar-refractivity contribution in [3.63, 3.8) is 0 Å². The van der Waals surface area contributed by atoms with Gasteiger partial charge in [0, 0.05) is 24.7 Å². The predicted octanol–water partition coefficient (Wildman–Crippen LogP) is 2.03. The average Bonchev–Trinajstić information content (AvgIpc) is 2.49. The van der Waals surface area contributed by atoms with Crippen LogP contribution in [0.25, 0.3) is 0 Å². The van der Waals surface area contributed by atoms with Gasteiger partial charge in [-0.3, -0.25) is 9.59 Å². The molecule has 0 spiro atoms. The van der Waals surface area contributed by atoms with Crippen molar-refractivity contribution in [3.8, 4) is 11.5 Å². The third-order valence-corrected chi connectivity index (χ3v) is 2.97. The molecule has 1 amide bonds. The third kappa shape index (κ3) is 4.98. The molecule has 0 aliphatic heterocycles. The Labute approximate surface area is 124 Å². The molecule has 0 aliphatic rings. The maximum atomic E-state index is 12.5. The van der Waals surface area contributed by atoms with Gasteiger partial charge in [0.2, 0.25) is 0 Å². The Kier molecular flexibility index (Phi) is 6.52. The number of carboxylic acids is 1. The van der Waals surface area contributed by atoms with Crippen molar-refractivity contribution >= 4 is 11.9 Å². The topological polar surface area (TPSA) is 76.1 Å². The minimum absolute atomic E-state index is 0.0765. The van der Waals surface area contributed by atoms with E-state index in [0.29, 0.717) is 23.6 Å². The molecule has 21 heavy (non-hydrogen) atoms. The summed E-state index contributed by atoms with van der Waals surface area (Å²) in [6, 6.07) is 4.92. The summed E-state index contributed by atoms with van der Waals surface area (Å²) in [7, 11) is 3.02. The predicted molar refractivity (Wildman–Crippen MR) is 78.0 cm³/mol. The maximum absolute atomic E-state index is 12.5. The number of benzene rings is 1. The molecule has 0 aliphatic carbocycles. The van der Waals surface area contributed by atoms with Gasteiger partial charge in [0.05, 0.1) is 20.6 Å². The van der Waals surface area contributed by atoms with E-state index in [-0.39, 0.29) is 18.9 Å². The van der Waals surface area contributed by atoms with Gasteiger partial charge in [0.25, 0.3) is 5.91 Å². The lowest BCUT2D eigenvalue weighted by molar-refractivity contribution is -0.137. The molecule has 1 aromatic carbocycles. The van der Waals surface area contributed by atoms with Crippen LogP contribution in [0.2, 0.25) is 0 Å². The van der Waals surface area contributed by atoms with Crippen molar-refractivity contribution < 1.29 is 24.2 Å². The van der Waals surface area contributed by atoms with E-state index in [0.717, 1.165) is 6.42 Å². The highest BCUT2D eigenvalue weighted by Gasteiger charge is 2.17. The van der Waals surface area contributed by atoms with Gasteiger partial charge < -0.3 is 19.5 Å². The van der Waals surface area contributed by atoms with Gasteiger partial charge in [-0.15, -0.1) is 0 Å². The number of methoxy groups -OCH3 is 2. The monoisotopic (exact) mass is 295 g/mol. The van der Waals surface area contributed by atoms with Gasteiger partial charge in [-0.25, -0.2) is 0 Å². The van der Waals surface area contributed by atoms with Crippen LogP contribution in [0.4, 0.5) is 0 Å². The van der Waals surface area contributed by atoms with Crippen LogP contribution in [0.1, 0.15) is 30.1 Å². The van der Waals surface area contributed by atoms with Gasteiger partial charge in [0.1, 0.15) is 11.5 Å². The normalized spacial score (nSPS) is 10.0. The van der Waals surface area contributed by atoms with Crippen molar-refractivity contribution in [2.45, 2.75) is 19.8 Å². The number of carbonyl (C=O) groups is 2. The van der Waals surface area contributed by atoms with E-state index >= 15 is 0 Å². The van der Waals surface area contributed by atoms with Gasteiger partial charge in [-0.05, 0) is 18.6 Å². The first-order chi connectivity index (χ1) is 10.0. The van der Waals surface area contributed by atoms with E-state index in [9.17, 15) is 9.59 Å². The van der Waals surface area contributed by atoms with Crippen LogP contribution in [-0.2, 0) is 4.79 Å². The minimum atomic E-state index is -0.924. The summed E-state index contributed by atoms with van der Waals surface area (Å²) in [5, 5.41) is 8.77. The Morgan fingerprint density at radius 3 is 2.10 bits per heavy atom. The largest absolute Gasteiger partial charge is 0.497 e. The van der Waals surface area contributed by atoms with Crippen LogP contribution in [0.3, 0.4) is 0 Å². The van der Waals surface area contributed by atoms with E-state index in [2.05, 4.69) is 0 Å². The molecule has 116 valence electrons. The highest BCUT2D eigenvalue weighted by Crippen LogP contribution is 2.23. The van der Waals surface area contributed by atoms with Crippen molar-refractivity contribution in [2.24, 2.45) is 0 Å². The second kappa shape index (κ2) is 8.14. The number of aliphatic carboxylic acids is 1. The van der Waals surface area contributed by atoms with E-state index in [1.807, 2.05) is 6.92 Å². The molecule has 6 nitrogen and oxygen atoms in total. The lowest BCUT2D eigenvalue weighted by Gasteiger charge is -2.22. The summed E-state index contributed by atoms with van der Waals surface area (Å²) < 4.78 is 10.3. The molecule has 0 bridgehead atoms. The van der Waals surface area contributed by atoms with Gasteiger partial charge in [0.15, 0.2) is 0 Å². The molecule has 1 aromatic rings. The zero-order valence-electron chi connectivity index (χ0n) is 12.6. The van der Waals surface area contributed by atoms with Crippen LogP contribution < -0.4 is 9.47 Å². The van der Waals surface area contributed by atoms with Gasteiger partial charge in [-0.2, -0.15) is 0 Å². The molecule has 0 saturated heterocycles. The smallest absolute Gasteiger partial charge is 0.305 e. The van der Waals surface area contributed by atoms with Crippen LogP contribution >= 0.6 is 0 Å². The van der Waals surface area contributed by atoms with Crippen molar-refractivity contribution in [3.05, 3.63) is 23.8 Å². The Bertz CT molecular complexity index is 479. The second-order valence-corrected chi connectivity index (χ2v) is 4.54. The Balaban J connectivity index is 2.98. The van der Waals surface area contributed by atoms with Crippen LogP contribution in [0, 0.1) is 0 Å². The lowest BCUT2D eigenvalue weighted by Crippen LogP contribution is -2.33. The molecular weight excluding hydrogens is 274 g/mol. The molecule has 1 N–H and O–H groups in total.